The molecule has 0 saturated heterocycles. The van der Waals surface area contributed by atoms with Crippen molar-refractivity contribution < 1.29 is 4.74 Å². The Morgan fingerprint density at radius 1 is 0.655 bits per heavy atom. The van der Waals surface area contributed by atoms with Gasteiger partial charge in [0.15, 0.2) is 0 Å². The van der Waals surface area contributed by atoms with Crippen LogP contribution in [0.3, 0.4) is 0 Å². The Morgan fingerprint density at radius 3 is 1.76 bits per heavy atom. The third-order valence-corrected chi connectivity index (χ3v) is 13.1. The number of ether oxygens (including phenoxy) is 1. The minimum absolute atomic E-state index is 0.0591. The van der Waals surface area contributed by atoms with Crippen LogP contribution in [0.4, 0.5) is 0 Å². The topological polar surface area (TPSA) is 34.0 Å². The summed E-state index contributed by atoms with van der Waals surface area (Å²) in [6, 6.07) is 31.7. The quantitative estimate of drug-likeness (QED) is 0.102. The van der Waals surface area contributed by atoms with Gasteiger partial charge in [-0.1, -0.05) is 133 Å². The van der Waals surface area contributed by atoms with E-state index in [-0.39, 0.29) is 6.04 Å². The van der Waals surface area contributed by atoms with E-state index in [1.54, 1.807) is 0 Å². The van der Waals surface area contributed by atoms with Gasteiger partial charge in [0.25, 0.3) is 0 Å². The van der Waals surface area contributed by atoms with Gasteiger partial charge in [0, 0.05) is 25.9 Å². The largest absolute Gasteiger partial charge is 0.494 e. The maximum Gasteiger partial charge on any atom is 0.119 e. The van der Waals surface area contributed by atoms with Crippen LogP contribution in [0.5, 0.6) is 5.75 Å². The van der Waals surface area contributed by atoms with Crippen molar-refractivity contribution in [3.63, 3.8) is 0 Å². The van der Waals surface area contributed by atoms with Crippen molar-refractivity contribution in [2.24, 2.45) is 9.98 Å². The fourth-order valence-electron chi connectivity index (χ4n) is 9.41. The molecule has 0 fully saturated rings. The first kappa shape index (κ1) is 39.4. The van der Waals surface area contributed by atoms with Crippen molar-refractivity contribution in [3.05, 3.63) is 150 Å². The van der Waals surface area contributed by atoms with Crippen molar-refractivity contribution in [1.82, 2.24) is 0 Å². The highest BCUT2D eigenvalue weighted by Crippen LogP contribution is 2.57. The molecule has 0 aromatic heterocycles. The summed E-state index contributed by atoms with van der Waals surface area (Å²) in [5.41, 5.74) is 18.0. The summed E-state index contributed by atoms with van der Waals surface area (Å²) in [7, 11) is 0. The number of hydrogen-bond donors (Lipinski definition) is 0. The monoisotopic (exact) mass is 856 g/mol. The van der Waals surface area contributed by atoms with Gasteiger partial charge in [0.2, 0.25) is 0 Å². The van der Waals surface area contributed by atoms with Gasteiger partial charge in [-0.25, -0.2) is 0 Å². The number of halogens is 2. The lowest BCUT2D eigenvalue weighted by Crippen LogP contribution is -2.28. The Labute approximate surface area is 346 Å². The highest BCUT2D eigenvalue weighted by molar-refractivity contribution is 9.10. The van der Waals surface area contributed by atoms with Gasteiger partial charge in [-0.2, -0.15) is 0 Å². The molecule has 1 aliphatic carbocycles. The number of unbranched alkanes of at least 4 members (excludes halogenated alkanes) is 5. The molecule has 1 atom stereocenters. The Balaban J connectivity index is 1.36. The van der Waals surface area contributed by atoms with E-state index in [1.807, 2.05) is 0 Å². The average Bonchev–Trinajstić information content (AvgIpc) is 3.75. The molecule has 4 aromatic carbocycles. The van der Waals surface area contributed by atoms with E-state index in [9.17, 15) is 0 Å². The van der Waals surface area contributed by atoms with E-state index in [0.29, 0.717) is 0 Å². The van der Waals surface area contributed by atoms with Crippen LogP contribution in [0, 0.1) is 0 Å². The molecule has 3 nitrogen and oxygen atoms in total. The van der Waals surface area contributed by atoms with Crippen LogP contribution < -0.4 is 4.74 Å². The highest BCUT2D eigenvalue weighted by Gasteiger charge is 2.46. The Hall–Kier alpha value is -3.80. The van der Waals surface area contributed by atoms with Crippen LogP contribution in [0.15, 0.2) is 132 Å². The summed E-state index contributed by atoms with van der Waals surface area (Å²) >= 11 is 7.73. The second-order valence-electron chi connectivity index (χ2n) is 15.4. The Bertz CT molecular complexity index is 2200. The third kappa shape index (κ3) is 7.21. The van der Waals surface area contributed by atoms with Gasteiger partial charge in [0.05, 0.1) is 23.8 Å². The van der Waals surface area contributed by atoms with Crippen molar-refractivity contribution in [1.29, 1.82) is 0 Å². The SMILES string of the molecule is CCCCCCCCOc1ccc(C2(c3ccc(/C(=C4\N=C(C)C(CC)=C4C)C4N=C(C)C(CC)=C4C)cc3)c3cc(Br)ccc3-c3ccc(Br)cc32)cc1. The summed E-state index contributed by atoms with van der Waals surface area (Å²) in [4.78, 5) is 10.6. The number of fused-ring (bicyclic) bond motifs is 3. The van der Waals surface area contributed by atoms with Crippen molar-refractivity contribution in [2.75, 3.05) is 6.61 Å². The van der Waals surface area contributed by atoms with Crippen LogP contribution in [0.2, 0.25) is 0 Å². The zero-order chi connectivity index (χ0) is 38.9. The van der Waals surface area contributed by atoms with Gasteiger partial charge >= 0.3 is 0 Å². The average molecular weight is 859 g/mol. The van der Waals surface area contributed by atoms with E-state index in [4.69, 9.17) is 14.7 Å². The predicted molar refractivity (Wildman–Crippen MR) is 241 cm³/mol. The summed E-state index contributed by atoms with van der Waals surface area (Å²) in [6.07, 6.45) is 9.44. The molecule has 3 aliphatic rings. The number of rotatable bonds is 14. The van der Waals surface area contributed by atoms with E-state index in [0.717, 1.165) is 57.7 Å². The summed E-state index contributed by atoms with van der Waals surface area (Å²) in [5, 5.41) is 0. The molecule has 0 bridgehead atoms. The Kier molecular flexibility index (Phi) is 12.0. The maximum absolute atomic E-state index is 6.30. The van der Waals surface area contributed by atoms with Crippen LogP contribution in [-0.2, 0) is 5.41 Å². The van der Waals surface area contributed by atoms with Crippen molar-refractivity contribution >= 4 is 48.9 Å². The summed E-state index contributed by atoms with van der Waals surface area (Å²) in [5.74, 6) is 0.922. The second kappa shape index (κ2) is 16.7. The molecule has 0 radical (unpaired) electrons. The molecule has 284 valence electrons. The fourth-order valence-corrected chi connectivity index (χ4v) is 10.1. The zero-order valence-corrected chi connectivity index (χ0v) is 36.8. The smallest absolute Gasteiger partial charge is 0.119 e. The lowest BCUT2D eigenvalue weighted by atomic mass is 9.67. The number of hydrogen-bond acceptors (Lipinski definition) is 3. The lowest BCUT2D eigenvalue weighted by molar-refractivity contribution is 0.304. The van der Waals surface area contributed by atoms with Gasteiger partial charge in [-0.3, -0.25) is 9.98 Å². The first-order valence-corrected chi connectivity index (χ1v) is 21.9. The lowest BCUT2D eigenvalue weighted by Gasteiger charge is -2.34. The molecule has 0 N–H and O–H groups in total. The number of benzene rings is 4. The predicted octanol–water partition coefficient (Wildman–Crippen LogP) is 14.8. The van der Waals surface area contributed by atoms with Crippen LogP contribution in [-0.4, -0.2) is 24.1 Å². The molecule has 55 heavy (non-hydrogen) atoms. The van der Waals surface area contributed by atoms with Gasteiger partial charge < -0.3 is 4.74 Å². The zero-order valence-electron chi connectivity index (χ0n) is 33.6. The third-order valence-electron chi connectivity index (χ3n) is 12.1. The van der Waals surface area contributed by atoms with Crippen molar-refractivity contribution in [2.45, 2.75) is 111 Å². The molecule has 5 heteroatoms. The molecule has 0 spiro atoms. The normalized spacial score (nSPS) is 18.1. The molecule has 0 amide bonds. The number of allylic oxidation sites excluding steroid dienone is 3. The standard InChI is InChI=1S/C50H54Br2N2O/c1-8-11-12-13-14-15-28-55-40-24-20-37(21-25-40)50(45-29-38(51)22-26-43(45)44-27-23-39(52)30-46(44)50)36-18-16-35(17-19-36)47(48-31(4)41(9-2)33(6)53-48)49-32(5)42(10-3)34(7)54-49/h16-27,29-30,48H,8-15,28H2,1-7H3/b49-47+. The fraction of sp³-hybridized carbons (Fsp3) is 0.360. The molecule has 2 aliphatic heterocycles. The molecule has 2 heterocycles. The van der Waals surface area contributed by atoms with E-state index in [2.05, 4.69) is 165 Å². The van der Waals surface area contributed by atoms with E-state index < -0.39 is 5.41 Å². The first-order valence-electron chi connectivity index (χ1n) is 20.3. The number of nitrogens with zero attached hydrogens (tertiary/aromatic N) is 2. The molecular weight excluding hydrogens is 804 g/mol. The molecule has 0 saturated carbocycles. The summed E-state index contributed by atoms with van der Waals surface area (Å²) in [6.45, 7) is 16.3. The highest BCUT2D eigenvalue weighted by atomic mass is 79.9. The molecular formula is C50H54Br2N2O. The van der Waals surface area contributed by atoms with Crippen molar-refractivity contribution in [3.8, 4) is 16.9 Å². The van der Waals surface area contributed by atoms with Crippen LogP contribution in [0.1, 0.15) is 128 Å². The molecule has 7 rings (SSSR count). The molecule has 4 aromatic rings. The second-order valence-corrected chi connectivity index (χ2v) is 17.2. The van der Waals surface area contributed by atoms with Gasteiger partial charge in [-0.05, 0) is 145 Å². The molecule has 1 unspecified atom stereocenters. The minimum atomic E-state index is -0.553. The van der Waals surface area contributed by atoms with E-state index >= 15 is 0 Å². The van der Waals surface area contributed by atoms with Crippen LogP contribution in [0.25, 0.3) is 16.7 Å². The number of aliphatic imine (C=N–C) groups is 2. The summed E-state index contributed by atoms with van der Waals surface area (Å²) < 4.78 is 8.43. The van der Waals surface area contributed by atoms with E-state index in [1.165, 1.54) is 98.9 Å². The minimum Gasteiger partial charge on any atom is -0.494 e. The van der Waals surface area contributed by atoms with Gasteiger partial charge in [-0.15, -0.1) is 0 Å². The Morgan fingerprint density at radius 2 is 1.22 bits per heavy atom. The van der Waals surface area contributed by atoms with Crippen LogP contribution >= 0.6 is 31.9 Å². The van der Waals surface area contributed by atoms with Gasteiger partial charge in [0.1, 0.15) is 5.75 Å². The maximum atomic E-state index is 6.30. The first-order chi connectivity index (χ1) is 26.6.